The molecule has 0 saturated heterocycles. The number of carboxylic acids is 1. The standard InChI is InChI=1S/C15H11BrN2O2/c1-9-2-5-12(15(19)20)14(6-9)18-13-7-11(16)4-3-10(13)8-17/h2-7,18H,1H3,(H,19,20). The van der Waals surface area contributed by atoms with Gasteiger partial charge in [0.25, 0.3) is 0 Å². The number of halogens is 1. The van der Waals surface area contributed by atoms with Gasteiger partial charge in [0.2, 0.25) is 0 Å². The minimum Gasteiger partial charge on any atom is -0.478 e. The number of carboxylic acid groups (broad SMARTS) is 1. The second kappa shape index (κ2) is 5.76. The fraction of sp³-hybridized carbons (Fsp3) is 0.0667. The first-order valence-corrected chi connectivity index (χ1v) is 6.61. The molecular formula is C15H11BrN2O2. The zero-order valence-electron chi connectivity index (χ0n) is 10.6. The van der Waals surface area contributed by atoms with Gasteiger partial charge in [-0.3, -0.25) is 0 Å². The fourth-order valence-corrected chi connectivity index (χ4v) is 2.17. The van der Waals surface area contributed by atoms with Crippen LogP contribution in [0, 0.1) is 18.3 Å². The summed E-state index contributed by atoms with van der Waals surface area (Å²) in [5.74, 6) is -1.01. The maximum atomic E-state index is 11.2. The van der Waals surface area contributed by atoms with Crippen molar-refractivity contribution in [1.82, 2.24) is 0 Å². The zero-order chi connectivity index (χ0) is 14.7. The lowest BCUT2D eigenvalue weighted by molar-refractivity contribution is 0.0698. The summed E-state index contributed by atoms with van der Waals surface area (Å²) in [6.07, 6.45) is 0. The van der Waals surface area contributed by atoms with Crippen LogP contribution in [0.15, 0.2) is 40.9 Å². The molecule has 0 atom stereocenters. The summed E-state index contributed by atoms with van der Waals surface area (Å²) in [5.41, 5.74) is 2.58. The number of hydrogen-bond donors (Lipinski definition) is 2. The first kappa shape index (κ1) is 14.1. The lowest BCUT2D eigenvalue weighted by Crippen LogP contribution is -2.04. The van der Waals surface area contributed by atoms with E-state index in [4.69, 9.17) is 5.26 Å². The van der Waals surface area contributed by atoms with Gasteiger partial charge in [-0.25, -0.2) is 4.79 Å². The summed E-state index contributed by atoms with van der Waals surface area (Å²) in [6.45, 7) is 1.88. The SMILES string of the molecule is Cc1ccc(C(=O)O)c(Nc2cc(Br)ccc2C#N)c1. The Hall–Kier alpha value is -2.32. The number of benzene rings is 2. The monoisotopic (exact) mass is 330 g/mol. The van der Waals surface area contributed by atoms with Crippen LogP contribution in [-0.2, 0) is 0 Å². The molecule has 0 aromatic heterocycles. The van der Waals surface area contributed by atoms with Crippen molar-refractivity contribution in [2.75, 3.05) is 5.32 Å². The topological polar surface area (TPSA) is 73.1 Å². The maximum absolute atomic E-state index is 11.2. The Morgan fingerprint density at radius 1 is 1.25 bits per heavy atom. The van der Waals surface area contributed by atoms with Gasteiger partial charge in [0.1, 0.15) is 6.07 Å². The number of nitriles is 1. The Morgan fingerprint density at radius 3 is 2.65 bits per heavy atom. The van der Waals surface area contributed by atoms with E-state index in [0.29, 0.717) is 16.9 Å². The minimum absolute atomic E-state index is 0.166. The van der Waals surface area contributed by atoms with Crippen LogP contribution in [0.5, 0.6) is 0 Å². The molecule has 0 unspecified atom stereocenters. The van der Waals surface area contributed by atoms with Crippen molar-refractivity contribution in [3.8, 4) is 6.07 Å². The highest BCUT2D eigenvalue weighted by molar-refractivity contribution is 9.10. The van der Waals surface area contributed by atoms with Crippen LogP contribution in [0.3, 0.4) is 0 Å². The maximum Gasteiger partial charge on any atom is 0.337 e. The van der Waals surface area contributed by atoms with Gasteiger partial charge >= 0.3 is 5.97 Å². The zero-order valence-corrected chi connectivity index (χ0v) is 12.2. The number of nitrogens with one attached hydrogen (secondary N) is 1. The van der Waals surface area contributed by atoms with Crippen LogP contribution in [-0.4, -0.2) is 11.1 Å². The molecule has 0 heterocycles. The van der Waals surface area contributed by atoms with E-state index in [-0.39, 0.29) is 5.56 Å². The molecule has 0 aliphatic heterocycles. The second-order valence-corrected chi connectivity index (χ2v) is 5.20. The number of carbonyl (C=O) groups is 1. The van der Waals surface area contributed by atoms with E-state index in [2.05, 4.69) is 27.3 Å². The van der Waals surface area contributed by atoms with Crippen LogP contribution < -0.4 is 5.32 Å². The van der Waals surface area contributed by atoms with E-state index in [9.17, 15) is 9.90 Å². The molecule has 4 nitrogen and oxygen atoms in total. The second-order valence-electron chi connectivity index (χ2n) is 4.28. The van der Waals surface area contributed by atoms with Gasteiger partial charge in [-0.1, -0.05) is 22.0 Å². The lowest BCUT2D eigenvalue weighted by atomic mass is 10.1. The molecule has 2 aromatic carbocycles. The van der Waals surface area contributed by atoms with E-state index in [1.165, 1.54) is 0 Å². The van der Waals surface area contributed by atoms with E-state index in [0.717, 1.165) is 10.0 Å². The Kier molecular flexibility index (Phi) is 4.06. The third-order valence-electron chi connectivity index (χ3n) is 2.78. The van der Waals surface area contributed by atoms with Crippen molar-refractivity contribution >= 4 is 33.3 Å². The summed E-state index contributed by atoms with van der Waals surface area (Å²) < 4.78 is 0.809. The van der Waals surface area contributed by atoms with Gasteiger partial charge in [-0.2, -0.15) is 5.26 Å². The summed E-state index contributed by atoms with van der Waals surface area (Å²) in [6, 6.07) is 12.3. The normalized spacial score (nSPS) is 9.85. The molecule has 0 fully saturated rings. The summed E-state index contributed by atoms with van der Waals surface area (Å²) in [4.78, 5) is 11.2. The number of nitrogens with zero attached hydrogens (tertiary/aromatic N) is 1. The molecule has 100 valence electrons. The van der Waals surface area contributed by atoms with Crippen LogP contribution >= 0.6 is 15.9 Å². The van der Waals surface area contributed by atoms with Gasteiger partial charge < -0.3 is 10.4 Å². The Labute approximate surface area is 124 Å². The predicted octanol–water partition coefficient (Wildman–Crippen LogP) is 4.07. The van der Waals surface area contributed by atoms with Gasteiger partial charge in [0.05, 0.1) is 22.5 Å². The predicted molar refractivity (Wildman–Crippen MR) is 80.3 cm³/mol. The largest absolute Gasteiger partial charge is 0.478 e. The van der Waals surface area contributed by atoms with Gasteiger partial charge in [0, 0.05) is 4.47 Å². The Balaban J connectivity index is 2.50. The molecule has 0 amide bonds. The molecule has 0 radical (unpaired) electrons. The third-order valence-corrected chi connectivity index (χ3v) is 3.27. The molecule has 0 aliphatic rings. The molecule has 5 heteroatoms. The third kappa shape index (κ3) is 2.98. The minimum atomic E-state index is -1.01. The summed E-state index contributed by atoms with van der Waals surface area (Å²) >= 11 is 3.34. The highest BCUT2D eigenvalue weighted by Crippen LogP contribution is 2.27. The first-order chi connectivity index (χ1) is 9.51. The number of rotatable bonds is 3. The Bertz CT molecular complexity index is 720. The average Bonchev–Trinajstić information content (AvgIpc) is 2.38. The van der Waals surface area contributed by atoms with Crippen molar-refractivity contribution in [2.45, 2.75) is 6.92 Å². The van der Waals surface area contributed by atoms with E-state index in [1.807, 2.05) is 6.92 Å². The highest BCUT2D eigenvalue weighted by atomic mass is 79.9. The molecule has 2 aromatic rings. The number of aryl methyl sites for hydroxylation is 1. The molecule has 0 bridgehead atoms. The molecule has 2 N–H and O–H groups in total. The van der Waals surface area contributed by atoms with Crippen molar-refractivity contribution in [2.24, 2.45) is 0 Å². The van der Waals surface area contributed by atoms with Gasteiger partial charge in [0.15, 0.2) is 0 Å². The van der Waals surface area contributed by atoms with E-state index >= 15 is 0 Å². The van der Waals surface area contributed by atoms with Crippen molar-refractivity contribution in [1.29, 1.82) is 5.26 Å². The quantitative estimate of drug-likeness (QED) is 0.889. The highest BCUT2D eigenvalue weighted by Gasteiger charge is 2.12. The van der Waals surface area contributed by atoms with Crippen LogP contribution in [0.4, 0.5) is 11.4 Å². The lowest BCUT2D eigenvalue weighted by Gasteiger charge is -2.12. The van der Waals surface area contributed by atoms with Crippen molar-refractivity contribution < 1.29 is 9.90 Å². The van der Waals surface area contributed by atoms with Gasteiger partial charge in [-0.15, -0.1) is 0 Å². The summed E-state index contributed by atoms with van der Waals surface area (Å²) in [5, 5.41) is 21.3. The molecule has 0 aliphatic carbocycles. The Morgan fingerprint density at radius 2 is 2.00 bits per heavy atom. The van der Waals surface area contributed by atoms with Crippen molar-refractivity contribution in [3.05, 3.63) is 57.6 Å². The molecule has 0 spiro atoms. The van der Waals surface area contributed by atoms with Crippen LogP contribution in [0.25, 0.3) is 0 Å². The first-order valence-electron chi connectivity index (χ1n) is 5.82. The van der Waals surface area contributed by atoms with Crippen LogP contribution in [0.1, 0.15) is 21.5 Å². The molecule has 0 saturated carbocycles. The van der Waals surface area contributed by atoms with E-state index in [1.54, 1.807) is 36.4 Å². The van der Waals surface area contributed by atoms with Crippen LogP contribution in [0.2, 0.25) is 0 Å². The van der Waals surface area contributed by atoms with Gasteiger partial charge in [-0.05, 0) is 42.8 Å². The molecule has 2 rings (SSSR count). The van der Waals surface area contributed by atoms with Crippen molar-refractivity contribution in [3.63, 3.8) is 0 Å². The smallest absolute Gasteiger partial charge is 0.337 e. The summed E-state index contributed by atoms with van der Waals surface area (Å²) in [7, 11) is 0. The fourth-order valence-electron chi connectivity index (χ4n) is 1.81. The van der Waals surface area contributed by atoms with E-state index < -0.39 is 5.97 Å². The molecule has 20 heavy (non-hydrogen) atoms. The molecular weight excluding hydrogens is 320 g/mol. The average molecular weight is 331 g/mol. The number of aromatic carboxylic acids is 1. The number of anilines is 2. The number of hydrogen-bond acceptors (Lipinski definition) is 3.